The fourth-order valence-corrected chi connectivity index (χ4v) is 2.44. The van der Waals surface area contributed by atoms with Crippen molar-refractivity contribution in [2.75, 3.05) is 0 Å². The van der Waals surface area contributed by atoms with Gasteiger partial charge in [0.2, 0.25) is 0 Å². The van der Waals surface area contributed by atoms with E-state index in [-0.39, 0.29) is 0 Å². The third-order valence-corrected chi connectivity index (χ3v) is 3.74. The van der Waals surface area contributed by atoms with Crippen molar-refractivity contribution in [3.8, 4) is 0 Å². The largest absolute Gasteiger partial charge is 0.455 e. The fourth-order valence-electron chi connectivity index (χ4n) is 2.44. The third kappa shape index (κ3) is 3.71. The Kier molecular flexibility index (Phi) is 5.54. The molecule has 4 heteroatoms. The van der Waals surface area contributed by atoms with Gasteiger partial charge in [-0.25, -0.2) is 9.59 Å². The Balaban J connectivity index is 2.92. The summed E-state index contributed by atoms with van der Waals surface area (Å²) in [6, 6.07) is 0. The zero-order valence-electron chi connectivity index (χ0n) is 12.7. The van der Waals surface area contributed by atoms with E-state index in [0.717, 1.165) is 12.8 Å². The molecule has 1 rings (SSSR count). The van der Waals surface area contributed by atoms with Crippen molar-refractivity contribution < 1.29 is 19.1 Å². The predicted octanol–water partition coefficient (Wildman–Crippen LogP) is 3.32. The Bertz CT molecular complexity index is 424. The molecule has 1 saturated carbocycles. The molecule has 0 amide bonds. The molecule has 0 aliphatic heterocycles. The van der Waals surface area contributed by atoms with Gasteiger partial charge in [0.15, 0.2) is 0 Å². The van der Waals surface area contributed by atoms with Crippen LogP contribution in [0.5, 0.6) is 0 Å². The van der Waals surface area contributed by atoms with Crippen LogP contribution in [0.1, 0.15) is 52.9 Å². The lowest BCUT2D eigenvalue weighted by Crippen LogP contribution is -2.50. The van der Waals surface area contributed by atoms with Gasteiger partial charge in [-0.05, 0) is 46.0 Å². The first-order chi connectivity index (χ1) is 9.32. The minimum absolute atomic E-state index is 0.354. The van der Waals surface area contributed by atoms with E-state index in [1.807, 2.05) is 6.92 Å². The third-order valence-electron chi connectivity index (χ3n) is 3.74. The molecule has 1 fully saturated rings. The van der Waals surface area contributed by atoms with E-state index < -0.39 is 23.6 Å². The van der Waals surface area contributed by atoms with Gasteiger partial charge in [-0.2, -0.15) is 0 Å². The minimum atomic E-state index is -0.737. The Morgan fingerprint density at radius 1 is 1.15 bits per heavy atom. The lowest BCUT2D eigenvalue weighted by Gasteiger charge is -2.42. The molecule has 0 aromatic carbocycles. The summed E-state index contributed by atoms with van der Waals surface area (Å²) < 4.78 is 11.1. The van der Waals surface area contributed by atoms with Crippen LogP contribution < -0.4 is 0 Å². The van der Waals surface area contributed by atoms with Crippen LogP contribution in [0.4, 0.5) is 0 Å². The number of carbonyl (C=O) groups excluding carboxylic acids is 2. The van der Waals surface area contributed by atoms with Gasteiger partial charge in [0.05, 0.1) is 0 Å². The molecule has 2 atom stereocenters. The first kappa shape index (κ1) is 16.5. The SMILES string of the molecule is C=C(C)C(=O)OC1CCCCC1(CC)OC(=O)C(=C)C. The molecule has 20 heavy (non-hydrogen) atoms. The Labute approximate surface area is 120 Å². The van der Waals surface area contributed by atoms with E-state index in [2.05, 4.69) is 13.2 Å². The highest BCUT2D eigenvalue weighted by Gasteiger charge is 2.45. The van der Waals surface area contributed by atoms with Gasteiger partial charge in [0.1, 0.15) is 11.7 Å². The van der Waals surface area contributed by atoms with E-state index in [9.17, 15) is 9.59 Å². The molecule has 0 spiro atoms. The summed E-state index contributed by atoms with van der Waals surface area (Å²) >= 11 is 0. The van der Waals surface area contributed by atoms with Crippen molar-refractivity contribution in [2.24, 2.45) is 0 Å². The van der Waals surface area contributed by atoms with Crippen LogP contribution in [0, 0.1) is 0 Å². The molecule has 0 bridgehead atoms. The van der Waals surface area contributed by atoms with E-state index in [0.29, 0.717) is 30.4 Å². The van der Waals surface area contributed by atoms with E-state index in [1.54, 1.807) is 13.8 Å². The smallest absolute Gasteiger partial charge is 0.333 e. The second-order valence-electron chi connectivity index (χ2n) is 5.51. The molecule has 112 valence electrons. The second-order valence-corrected chi connectivity index (χ2v) is 5.51. The quantitative estimate of drug-likeness (QED) is 0.572. The molecular formula is C16H24O4. The predicted molar refractivity (Wildman–Crippen MR) is 77.1 cm³/mol. The average Bonchev–Trinajstić information content (AvgIpc) is 2.40. The summed E-state index contributed by atoms with van der Waals surface area (Å²) in [5.41, 5.74) is -0.0282. The molecule has 4 nitrogen and oxygen atoms in total. The molecule has 0 saturated heterocycles. The van der Waals surface area contributed by atoms with E-state index in [4.69, 9.17) is 9.47 Å². The van der Waals surface area contributed by atoms with Crippen LogP contribution in [0.2, 0.25) is 0 Å². The van der Waals surface area contributed by atoms with Crippen molar-refractivity contribution in [3.63, 3.8) is 0 Å². The Hall–Kier alpha value is -1.58. The average molecular weight is 280 g/mol. The lowest BCUT2D eigenvalue weighted by molar-refractivity contribution is -0.189. The van der Waals surface area contributed by atoms with Gasteiger partial charge in [-0.1, -0.05) is 20.1 Å². The van der Waals surface area contributed by atoms with Crippen molar-refractivity contribution in [2.45, 2.75) is 64.6 Å². The summed E-state index contributed by atoms with van der Waals surface area (Å²) in [5, 5.41) is 0. The van der Waals surface area contributed by atoms with Gasteiger partial charge in [-0.3, -0.25) is 0 Å². The molecule has 2 unspecified atom stereocenters. The topological polar surface area (TPSA) is 52.6 Å². The number of esters is 2. The number of hydrogen-bond acceptors (Lipinski definition) is 4. The molecule has 0 aromatic heterocycles. The maximum absolute atomic E-state index is 11.9. The summed E-state index contributed by atoms with van der Waals surface area (Å²) in [6.07, 6.45) is 3.53. The zero-order chi connectivity index (χ0) is 15.3. The van der Waals surface area contributed by atoms with Crippen LogP contribution in [0.25, 0.3) is 0 Å². The summed E-state index contributed by atoms with van der Waals surface area (Å²) in [5.74, 6) is -0.855. The van der Waals surface area contributed by atoms with Gasteiger partial charge < -0.3 is 9.47 Å². The molecule has 0 aromatic rings. The van der Waals surface area contributed by atoms with Crippen LogP contribution in [-0.2, 0) is 19.1 Å². The van der Waals surface area contributed by atoms with Crippen molar-refractivity contribution in [1.82, 2.24) is 0 Å². The van der Waals surface area contributed by atoms with Gasteiger partial charge >= 0.3 is 11.9 Å². The number of rotatable bonds is 5. The summed E-state index contributed by atoms with van der Waals surface area (Å²) in [7, 11) is 0. The highest BCUT2D eigenvalue weighted by molar-refractivity contribution is 5.88. The number of hydrogen-bond donors (Lipinski definition) is 0. The molecular weight excluding hydrogens is 256 g/mol. The van der Waals surface area contributed by atoms with Crippen LogP contribution >= 0.6 is 0 Å². The minimum Gasteiger partial charge on any atom is -0.455 e. The normalized spacial score (nSPS) is 25.6. The van der Waals surface area contributed by atoms with Crippen LogP contribution in [0.3, 0.4) is 0 Å². The summed E-state index contributed by atoms with van der Waals surface area (Å²) in [4.78, 5) is 23.6. The van der Waals surface area contributed by atoms with Gasteiger partial charge in [0.25, 0.3) is 0 Å². The molecule has 0 radical (unpaired) electrons. The van der Waals surface area contributed by atoms with Gasteiger partial charge in [0, 0.05) is 11.1 Å². The molecule has 0 heterocycles. The maximum atomic E-state index is 11.9. The van der Waals surface area contributed by atoms with Crippen molar-refractivity contribution in [3.05, 3.63) is 24.3 Å². The highest BCUT2D eigenvalue weighted by Crippen LogP contribution is 2.37. The number of carbonyl (C=O) groups is 2. The zero-order valence-corrected chi connectivity index (χ0v) is 12.7. The second kappa shape index (κ2) is 6.73. The Morgan fingerprint density at radius 3 is 2.25 bits per heavy atom. The van der Waals surface area contributed by atoms with Crippen LogP contribution in [0.15, 0.2) is 24.3 Å². The molecule has 1 aliphatic rings. The van der Waals surface area contributed by atoms with E-state index in [1.165, 1.54) is 0 Å². The van der Waals surface area contributed by atoms with E-state index >= 15 is 0 Å². The van der Waals surface area contributed by atoms with Crippen molar-refractivity contribution >= 4 is 11.9 Å². The first-order valence-corrected chi connectivity index (χ1v) is 7.07. The van der Waals surface area contributed by atoms with Gasteiger partial charge in [-0.15, -0.1) is 0 Å². The first-order valence-electron chi connectivity index (χ1n) is 7.07. The lowest BCUT2D eigenvalue weighted by atomic mass is 9.80. The number of ether oxygens (including phenoxy) is 2. The van der Waals surface area contributed by atoms with Crippen molar-refractivity contribution in [1.29, 1.82) is 0 Å². The van der Waals surface area contributed by atoms with Crippen LogP contribution in [-0.4, -0.2) is 23.6 Å². The molecule has 0 N–H and O–H groups in total. The summed E-state index contributed by atoms with van der Waals surface area (Å²) in [6.45, 7) is 12.4. The molecule has 1 aliphatic carbocycles. The highest BCUT2D eigenvalue weighted by atomic mass is 16.6. The standard InChI is InChI=1S/C16H24O4/c1-6-16(20-15(18)12(4)5)10-8-7-9-13(16)19-14(17)11(2)3/h13H,2,4,6-10H2,1,3,5H3. The monoisotopic (exact) mass is 280 g/mol. The fraction of sp³-hybridized carbons (Fsp3) is 0.625. The Morgan fingerprint density at radius 2 is 1.75 bits per heavy atom. The maximum Gasteiger partial charge on any atom is 0.333 e.